The third-order valence-electron chi connectivity index (χ3n) is 2.95. The van der Waals surface area contributed by atoms with Crippen molar-refractivity contribution in [1.29, 1.82) is 0 Å². The van der Waals surface area contributed by atoms with E-state index in [1.165, 1.54) is 6.42 Å². The van der Waals surface area contributed by atoms with Crippen LogP contribution in [0.3, 0.4) is 0 Å². The molecule has 1 aliphatic rings. The predicted octanol–water partition coefficient (Wildman–Crippen LogP) is 1.84. The summed E-state index contributed by atoms with van der Waals surface area (Å²) in [5.41, 5.74) is 0. The van der Waals surface area contributed by atoms with Gasteiger partial charge >= 0.3 is 0 Å². The van der Waals surface area contributed by atoms with Gasteiger partial charge in [0, 0.05) is 19.3 Å². The molecule has 0 aliphatic heterocycles. The summed E-state index contributed by atoms with van der Waals surface area (Å²) in [6.45, 7) is 0.325. The van der Waals surface area contributed by atoms with Crippen molar-refractivity contribution in [2.45, 2.75) is 25.3 Å². The number of nitrogens with one attached hydrogen (secondary N) is 1. The molecule has 1 aliphatic carbocycles. The third kappa shape index (κ3) is 3.33. The van der Waals surface area contributed by atoms with E-state index in [4.69, 9.17) is 11.6 Å². The first kappa shape index (κ1) is 12.2. The largest absolute Gasteiger partial charge is 0.352 e. The van der Waals surface area contributed by atoms with Gasteiger partial charge in [0.1, 0.15) is 5.82 Å². The van der Waals surface area contributed by atoms with Gasteiger partial charge in [-0.15, -0.1) is 0 Å². The maximum atomic E-state index is 11.7. The lowest BCUT2D eigenvalue weighted by atomic mass is 9.93. The van der Waals surface area contributed by atoms with Crippen LogP contribution in [-0.2, 0) is 4.79 Å². The van der Waals surface area contributed by atoms with Crippen LogP contribution in [0.25, 0.3) is 0 Å². The molecule has 0 saturated heterocycles. The Morgan fingerprint density at radius 3 is 2.88 bits per heavy atom. The fourth-order valence-corrected chi connectivity index (χ4v) is 1.83. The summed E-state index contributed by atoms with van der Waals surface area (Å²) in [5, 5.41) is 3.59. The summed E-state index contributed by atoms with van der Waals surface area (Å²) >= 11 is 5.76. The summed E-state index contributed by atoms with van der Waals surface area (Å²) in [6.07, 6.45) is 5.01. The van der Waals surface area contributed by atoms with Crippen LogP contribution in [0.15, 0.2) is 18.3 Å². The van der Waals surface area contributed by atoms with E-state index in [9.17, 15) is 4.79 Å². The molecular formula is C12H16ClN3O. The molecule has 1 N–H and O–H groups in total. The molecule has 2 rings (SSSR count). The minimum absolute atomic E-state index is 0.0500. The summed E-state index contributed by atoms with van der Waals surface area (Å²) in [5.74, 6) is 0.798. The second-order valence-corrected chi connectivity index (χ2v) is 4.82. The predicted molar refractivity (Wildman–Crippen MR) is 68.3 cm³/mol. The first-order chi connectivity index (χ1) is 8.15. The number of aromatic nitrogens is 1. The van der Waals surface area contributed by atoms with Gasteiger partial charge in [0.2, 0.25) is 5.91 Å². The molecule has 5 heteroatoms. The highest BCUT2D eigenvalue weighted by molar-refractivity contribution is 6.30. The monoisotopic (exact) mass is 253 g/mol. The minimum atomic E-state index is 0.0500. The Hall–Kier alpha value is -1.29. The molecule has 0 aromatic carbocycles. The number of rotatable bonds is 4. The molecule has 1 amide bonds. The first-order valence-electron chi connectivity index (χ1n) is 5.77. The summed E-state index contributed by atoms with van der Waals surface area (Å²) in [4.78, 5) is 17.7. The summed E-state index contributed by atoms with van der Waals surface area (Å²) < 4.78 is 0. The molecule has 0 spiro atoms. The normalized spacial score (nSPS) is 15.2. The number of anilines is 1. The van der Waals surface area contributed by atoms with Crippen LogP contribution < -0.4 is 10.2 Å². The Morgan fingerprint density at radius 1 is 1.59 bits per heavy atom. The van der Waals surface area contributed by atoms with Gasteiger partial charge in [-0.2, -0.15) is 0 Å². The number of halogens is 1. The van der Waals surface area contributed by atoms with Crippen LogP contribution in [0.2, 0.25) is 5.02 Å². The number of likely N-dealkylation sites (N-methyl/N-ethyl adjacent to an activating group) is 1. The molecule has 1 fully saturated rings. The van der Waals surface area contributed by atoms with Crippen LogP contribution >= 0.6 is 11.6 Å². The van der Waals surface area contributed by atoms with Crippen LogP contribution in [0, 0.1) is 0 Å². The van der Waals surface area contributed by atoms with E-state index in [1.807, 2.05) is 11.9 Å². The molecule has 1 saturated carbocycles. The van der Waals surface area contributed by atoms with E-state index in [1.54, 1.807) is 18.3 Å². The highest BCUT2D eigenvalue weighted by atomic mass is 35.5. The van der Waals surface area contributed by atoms with E-state index in [-0.39, 0.29) is 5.91 Å². The maximum Gasteiger partial charge on any atom is 0.239 e. The average molecular weight is 254 g/mol. The third-order valence-corrected chi connectivity index (χ3v) is 3.18. The number of amides is 1. The lowest BCUT2D eigenvalue weighted by Gasteiger charge is -2.27. The van der Waals surface area contributed by atoms with E-state index < -0.39 is 0 Å². The van der Waals surface area contributed by atoms with Crippen molar-refractivity contribution in [3.05, 3.63) is 23.4 Å². The van der Waals surface area contributed by atoms with Crippen molar-refractivity contribution in [2.75, 3.05) is 18.5 Å². The van der Waals surface area contributed by atoms with Crippen molar-refractivity contribution in [2.24, 2.45) is 0 Å². The highest BCUT2D eigenvalue weighted by Crippen LogP contribution is 2.18. The highest BCUT2D eigenvalue weighted by Gasteiger charge is 2.20. The van der Waals surface area contributed by atoms with Crippen molar-refractivity contribution in [3.63, 3.8) is 0 Å². The molecule has 92 valence electrons. The second kappa shape index (κ2) is 5.36. The van der Waals surface area contributed by atoms with Crippen molar-refractivity contribution in [3.8, 4) is 0 Å². The molecular weight excluding hydrogens is 238 g/mol. The number of hydrogen-bond donors (Lipinski definition) is 1. The average Bonchev–Trinajstić information content (AvgIpc) is 2.24. The zero-order valence-corrected chi connectivity index (χ0v) is 10.6. The standard InChI is InChI=1S/C12H16ClN3O/c1-16(11-6-5-9(13)7-14-11)8-12(17)15-10-3-2-4-10/h5-7,10H,2-4,8H2,1H3,(H,15,17). The first-order valence-corrected chi connectivity index (χ1v) is 6.15. The van der Waals surface area contributed by atoms with E-state index in [2.05, 4.69) is 10.3 Å². The van der Waals surface area contributed by atoms with E-state index in [0.29, 0.717) is 17.6 Å². The molecule has 1 aromatic heterocycles. The molecule has 0 radical (unpaired) electrons. The van der Waals surface area contributed by atoms with Gasteiger partial charge in [-0.1, -0.05) is 11.6 Å². The minimum Gasteiger partial charge on any atom is -0.352 e. The van der Waals surface area contributed by atoms with Gasteiger partial charge in [-0.25, -0.2) is 4.98 Å². The number of carbonyl (C=O) groups excluding carboxylic acids is 1. The van der Waals surface area contributed by atoms with Crippen LogP contribution in [0.1, 0.15) is 19.3 Å². The number of pyridine rings is 1. The Balaban J connectivity index is 1.84. The van der Waals surface area contributed by atoms with Crippen LogP contribution in [0.5, 0.6) is 0 Å². The molecule has 4 nitrogen and oxygen atoms in total. The van der Waals surface area contributed by atoms with Gasteiger partial charge in [-0.3, -0.25) is 4.79 Å². The smallest absolute Gasteiger partial charge is 0.239 e. The van der Waals surface area contributed by atoms with Gasteiger partial charge in [0.05, 0.1) is 11.6 Å². The van der Waals surface area contributed by atoms with Gasteiger partial charge in [-0.05, 0) is 31.4 Å². The zero-order chi connectivity index (χ0) is 12.3. The van der Waals surface area contributed by atoms with Gasteiger partial charge in [0.25, 0.3) is 0 Å². The topological polar surface area (TPSA) is 45.2 Å². The van der Waals surface area contributed by atoms with Crippen molar-refractivity contribution in [1.82, 2.24) is 10.3 Å². The lowest BCUT2D eigenvalue weighted by molar-refractivity contribution is -0.120. The molecule has 17 heavy (non-hydrogen) atoms. The van der Waals surface area contributed by atoms with E-state index >= 15 is 0 Å². The Bertz CT molecular complexity index is 389. The zero-order valence-electron chi connectivity index (χ0n) is 9.82. The SMILES string of the molecule is CN(CC(=O)NC1CCC1)c1ccc(Cl)cn1. The van der Waals surface area contributed by atoms with Crippen LogP contribution in [0.4, 0.5) is 5.82 Å². The molecule has 1 aromatic rings. The van der Waals surface area contributed by atoms with Gasteiger partial charge in [0.15, 0.2) is 0 Å². The van der Waals surface area contributed by atoms with Crippen LogP contribution in [-0.4, -0.2) is 30.5 Å². The molecule has 0 bridgehead atoms. The Kier molecular flexibility index (Phi) is 3.84. The quantitative estimate of drug-likeness (QED) is 0.891. The van der Waals surface area contributed by atoms with E-state index in [0.717, 1.165) is 18.7 Å². The number of hydrogen-bond acceptors (Lipinski definition) is 3. The number of nitrogens with zero attached hydrogens (tertiary/aromatic N) is 2. The molecule has 0 unspecified atom stereocenters. The molecule has 1 heterocycles. The Labute approximate surface area is 106 Å². The number of carbonyl (C=O) groups is 1. The summed E-state index contributed by atoms with van der Waals surface area (Å²) in [7, 11) is 1.84. The van der Waals surface area contributed by atoms with Crippen molar-refractivity contribution < 1.29 is 4.79 Å². The second-order valence-electron chi connectivity index (χ2n) is 4.39. The van der Waals surface area contributed by atoms with Crippen molar-refractivity contribution >= 4 is 23.3 Å². The van der Waals surface area contributed by atoms with Gasteiger partial charge < -0.3 is 10.2 Å². The Morgan fingerprint density at radius 2 is 2.35 bits per heavy atom. The summed E-state index contributed by atoms with van der Waals surface area (Å²) in [6, 6.07) is 3.96. The maximum absolute atomic E-state index is 11.7. The molecule has 0 atom stereocenters. The lowest BCUT2D eigenvalue weighted by Crippen LogP contribution is -2.44. The fourth-order valence-electron chi connectivity index (χ4n) is 1.72. The fraction of sp³-hybridized carbons (Fsp3) is 0.500.